The van der Waals surface area contributed by atoms with Gasteiger partial charge in [-0.3, -0.25) is 4.98 Å². The second-order valence-corrected chi connectivity index (χ2v) is 5.35. The van der Waals surface area contributed by atoms with Crippen LogP contribution < -0.4 is 4.74 Å². The number of pyridine rings is 1. The lowest BCUT2D eigenvalue weighted by Gasteiger charge is -2.15. The molecule has 0 saturated carbocycles. The number of ether oxygens (including phenoxy) is 1. The van der Waals surface area contributed by atoms with E-state index in [4.69, 9.17) is 4.74 Å². The Morgan fingerprint density at radius 1 is 1.10 bits per heavy atom. The van der Waals surface area contributed by atoms with Gasteiger partial charge in [0, 0.05) is 6.20 Å². The summed E-state index contributed by atoms with van der Waals surface area (Å²) in [6.45, 7) is 7.94. The van der Waals surface area contributed by atoms with Gasteiger partial charge >= 0.3 is 0 Å². The zero-order valence-electron chi connectivity index (χ0n) is 12.4. The largest absolute Gasteiger partial charge is 0.491 e. The van der Waals surface area contributed by atoms with E-state index in [0.717, 1.165) is 22.4 Å². The Labute approximate surface area is 120 Å². The molecule has 0 aliphatic rings. The number of rotatable bonds is 4. The van der Waals surface area contributed by atoms with Crippen molar-refractivity contribution in [3.8, 4) is 5.75 Å². The lowest BCUT2D eigenvalue weighted by atomic mass is 10.0. The van der Waals surface area contributed by atoms with Crippen LogP contribution in [0.1, 0.15) is 42.3 Å². The molecule has 0 radical (unpaired) electrons. The van der Waals surface area contributed by atoms with Crippen molar-refractivity contribution in [2.24, 2.45) is 0 Å². The molecule has 2 rings (SSSR count). The van der Waals surface area contributed by atoms with E-state index in [1.807, 2.05) is 58.0 Å². The van der Waals surface area contributed by atoms with Crippen LogP contribution in [0.15, 0.2) is 36.5 Å². The smallest absolute Gasteiger partial charge is 0.121 e. The first-order valence-corrected chi connectivity index (χ1v) is 6.85. The highest BCUT2D eigenvalue weighted by molar-refractivity contribution is 5.35. The summed E-state index contributed by atoms with van der Waals surface area (Å²) in [6.07, 6.45) is 1.22. The number of aryl methyl sites for hydroxylation is 2. The van der Waals surface area contributed by atoms with Crippen LogP contribution in [-0.4, -0.2) is 16.2 Å². The lowest BCUT2D eigenvalue weighted by molar-refractivity contribution is 0.213. The minimum atomic E-state index is -0.705. The summed E-state index contributed by atoms with van der Waals surface area (Å²) in [4.78, 5) is 4.34. The molecular formula is C17H21NO2. The van der Waals surface area contributed by atoms with Crippen molar-refractivity contribution < 1.29 is 9.84 Å². The van der Waals surface area contributed by atoms with Crippen molar-refractivity contribution in [1.82, 2.24) is 4.98 Å². The van der Waals surface area contributed by atoms with E-state index in [0.29, 0.717) is 5.69 Å². The molecule has 2 aromatic rings. The zero-order chi connectivity index (χ0) is 14.7. The molecule has 0 amide bonds. The molecular weight excluding hydrogens is 250 g/mol. The molecule has 1 N–H and O–H groups in total. The fourth-order valence-electron chi connectivity index (χ4n) is 2.17. The van der Waals surface area contributed by atoms with Crippen molar-refractivity contribution >= 4 is 0 Å². The van der Waals surface area contributed by atoms with Crippen LogP contribution in [0.5, 0.6) is 5.75 Å². The summed E-state index contributed by atoms with van der Waals surface area (Å²) in [7, 11) is 0. The SMILES string of the molecule is Cc1cnc(C(O)c2ccc(OC(C)C)cc2)c(C)c1. The quantitative estimate of drug-likeness (QED) is 0.924. The molecule has 0 aliphatic heterocycles. The molecule has 20 heavy (non-hydrogen) atoms. The Hall–Kier alpha value is -1.87. The number of hydrogen-bond donors (Lipinski definition) is 1. The maximum absolute atomic E-state index is 10.4. The van der Waals surface area contributed by atoms with Crippen LogP contribution in [-0.2, 0) is 0 Å². The second-order valence-electron chi connectivity index (χ2n) is 5.35. The highest BCUT2D eigenvalue weighted by Gasteiger charge is 2.14. The third kappa shape index (κ3) is 3.36. The molecule has 1 atom stereocenters. The van der Waals surface area contributed by atoms with Gasteiger partial charge in [0.05, 0.1) is 11.8 Å². The van der Waals surface area contributed by atoms with Crippen LogP contribution in [0, 0.1) is 13.8 Å². The van der Waals surface area contributed by atoms with Gasteiger partial charge in [-0.1, -0.05) is 18.2 Å². The molecule has 0 fully saturated rings. The average molecular weight is 271 g/mol. The molecule has 3 nitrogen and oxygen atoms in total. The third-order valence-corrected chi connectivity index (χ3v) is 3.08. The molecule has 1 heterocycles. The van der Waals surface area contributed by atoms with Crippen LogP contribution in [0.2, 0.25) is 0 Å². The number of nitrogens with zero attached hydrogens (tertiary/aromatic N) is 1. The fraction of sp³-hybridized carbons (Fsp3) is 0.353. The summed E-state index contributed by atoms with van der Waals surface area (Å²) in [5.74, 6) is 0.810. The van der Waals surface area contributed by atoms with Crippen molar-refractivity contribution in [3.63, 3.8) is 0 Å². The van der Waals surface area contributed by atoms with Gasteiger partial charge in [-0.2, -0.15) is 0 Å². The van der Waals surface area contributed by atoms with Gasteiger partial charge < -0.3 is 9.84 Å². The average Bonchev–Trinajstić information content (AvgIpc) is 2.38. The van der Waals surface area contributed by atoms with Gasteiger partial charge in [-0.05, 0) is 56.5 Å². The predicted octanol–water partition coefficient (Wildman–Crippen LogP) is 3.57. The predicted molar refractivity (Wildman–Crippen MR) is 80.0 cm³/mol. The Kier molecular flexibility index (Phi) is 4.40. The van der Waals surface area contributed by atoms with Crippen molar-refractivity contribution in [2.75, 3.05) is 0 Å². The molecule has 3 heteroatoms. The van der Waals surface area contributed by atoms with Gasteiger partial charge in [0.1, 0.15) is 11.9 Å². The number of hydrogen-bond acceptors (Lipinski definition) is 3. The molecule has 1 aromatic heterocycles. The Morgan fingerprint density at radius 3 is 2.30 bits per heavy atom. The Morgan fingerprint density at radius 2 is 1.75 bits per heavy atom. The second kappa shape index (κ2) is 6.06. The first-order chi connectivity index (χ1) is 9.47. The molecule has 1 aromatic carbocycles. The number of aromatic nitrogens is 1. The Bertz CT molecular complexity index is 576. The minimum Gasteiger partial charge on any atom is -0.491 e. The molecule has 0 spiro atoms. The van der Waals surface area contributed by atoms with Crippen LogP contribution in [0.4, 0.5) is 0 Å². The number of aliphatic hydroxyl groups excluding tert-OH is 1. The van der Waals surface area contributed by atoms with Crippen LogP contribution in [0.3, 0.4) is 0 Å². The van der Waals surface area contributed by atoms with Crippen molar-refractivity contribution in [1.29, 1.82) is 0 Å². The summed E-state index contributed by atoms with van der Waals surface area (Å²) in [5.41, 5.74) is 3.62. The lowest BCUT2D eigenvalue weighted by Crippen LogP contribution is -2.07. The topological polar surface area (TPSA) is 42.4 Å². The Balaban J connectivity index is 2.22. The van der Waals surface area contributed by atoms with E-state index >= 15 is 0 Å². The van der Waals surface area contributed by atoms with Gasteiger partial charge in [-0.25, -0.2) is 0 Å². The third-order valence-electron chi connectivity index (χ3n) is 3.08. The maximum Gasteiger partial charge on any atom is 0.121 e. The van der Waals surface area contributed by atoms with E-state index in [9.17, 15) is 5.11 Å². The number of aliphatic hydroxyl groups is 1. The highest BCUT2D eigenvalue weighted by Crippen LogP contribution is 2.25. The number of benzene rings is 1. The normalized spacial score (nSPS) is 12.5. The summed E-state index contributed by atoms with van der Waals surface area (Å²) >= 11 is 0. The van der Waals surface area contributed by atoms with Gasteiger partial charge in [-0.15, -0.1) is 0 Å². The van der Waals surface area contributed by atoms with Crippen molar-refractivity contribution in [2.45, 2.75) is 39.9 Å². The summed E-state index contributed by atoms with van der Waals surface area (Å²) in [5, 5.41) is 10.4. The van der Waals surface area contributed by atoms with E-state index < -0.39 is 6.10 Å². The first kappa shape index (κ1) is 14.5. The molecule has 0 saturated heterocycles. The van der Waals surface area contributed by atoms with E-state index in [-0.39, 0.29) is 6.10 Å². The fourth-order valence-corrected chi connectivity index (χ4v) is 2.17. The highest BCUT2D eigenvalue weighted by atomic mass is 16.5. The van der Waals surface area contributed by atoms with Crippen LogP contribution >= 0.6 is 0 Å². The van der Waals surface area contributed by atoms with Crippen molar-refractivity contribution in [3.05, 3.63) is 58.9 Å². The monoisotopic (exact) mass is 271 g/mol. The standard InChI is InChI=1S/C17H21NO2/c1-11(2)20-15-7-5-14(6-8-15)17(19)16-13(4)9-12(3)10-18-16/h5-11,17,19H,1-4H3. The summed E-state index contributed by atoms with van der Waals surface area (Å²) in [6, 6.07) is 9.54. The maximum atomic E-state index is 10.4. The van der Waals surface area contributed by atoms with Gasteiger partial charge in [0.25, 0.3) is 0 Å². The van der Waals surface area contributed by atoms with E-state index in [1.165, 1.54) is 0 Å². The molecule has 0 bridgehead atoms. The van der Waals surface area contributed by atoms with Crippen LogP contribution in [0.25, 0.3) is 0 Å². The molecule has 1 unspecified atom stereocenters. The first-order valence-electron chi connectivity index (χ1n) is 6.85. The molecule has 106 valence electrons. The van der Waals surface area contributed by atoms with E-state index in [1.54, 1.807) is 6.20 Å². The van der Waals surface area contributed by atoms with Gasteiger partial charge in [0.2, 0.25) is 0 Å². The minimum absolute atomic E-state index is 0.145. The van der Waals surface area contributed by atoms with E-state index in [2.05, 4.69) is 4.98 Å². The molecule has 0 aliphatic carbocycles. The zero-order valence-corrected chi connectivity index (χ0v) is 12.4. The summed E-state index contributed by atoms with van der Waals surface area (Å²) < 4.78 is 5.60. The van der Waals surface area contributed by atoms with Gasteiger partial charge in [0.15, 0.2) is 0 Å².